The summed E-state index contributed by atoms with van der Waals surface area (Å²) in [6.07, 6.45) is 0. The van der Waals surface area contributed by atoms with Crippen molar-refractivity contribution in [3.63, 3.8) is 0 Å². The molecule has 2 nitrogen and oxygen atoms in total. The molecule has 1 rings (SSSR count). The second-order valence-corrected chi connectivity index (χ2v) is 3.69. The molecule has 0 aliphatic heterocycles. The zero-order valence-electron chi connectivity index (χ0n) is 6.18. The minimum Gasteiger partial charge on any atom is -0.276 e. The lowest BCUT2D eigenvalue weighted by molar-refractivity contribution is 0.108. The molecule has 68 valence electrons. The van der Waals surface area contributed by atoms with E-state index >= 15 is 0 Å². The van der Waals surface area contributed by atoms with Crippen LogP contribution in [0.25, 0.3) is 0 Å². The van der Waals surface area contributed by atoms with Crippen LogP contribution in [0.3, 0.4) is 0 Å². The fourth-order valence-corrected chi connectivity index (χ4v) is 2.00. The molecule has 1 aromatic carbocycles. The number of hydrogen-bond donors (Lipinski definition) is 0. The molecule has 0 bridgehead atoms. The molecule has 0 N–H and O–H groups in total. The highest BCUT2D eigenvalue weighted by Gasteiger charge is 2.13. The molecule has 0 atom stereocenters. The number of halogens is 3. The van der Waals surface area contributed by atoms with Crippen molar-refractivity contribution in [3.05, 3.63) is 33.8 Å². The lowest BCUT2D eigenvalue weighted by atomic mass is 10.1. The van der Waals surface area contributed by atoms with Crippen molar-refractivity contribution in [3.8, 4) is 0 Å². The van der Waals surface area contributed by atoms with E-state index < -0.39 is 10.5 Å². The van der Waals surface area contributed by atoms with E-state index in [4.69, 9.17) is 23.2 Å². The van der Waals surface area contributed by atoms with E-state index in [1.807, 2.05) is 0 Å². The first-order chi connectivity index (χ1) is 6.04. The van der Waals surface area contributed by atoms with Gasteiger partial charge in [0.05, 0.1) is 0 Å². The standard InChI is InChI=1S/C8H3BrCl2O2/c9-6-4(7(10)12)2-1-3-5(6)8(11)13/h1-3H. The topological polar surface area (TPSA) is 34.1 Å². The smallest absolute Gasteiger partial charge is 0.253 e. The molecule has 0 heterocycles. The maximum atomic E-state index is 10.8. The van der Waals surface area contributed by atoms with Crippen molar-refractivity contribution in [2.24, 2.45) is 0 Å². The summed E-state index contributed by atoms with van der Waals surface area (Å²) < 4.78 is 0.329. The van der Waals surface area contributed by atoms with E-state index in [1.165, 1.54) is 18.2 Å². The molecule has 13 heavy (non-hydrogen) atoms. The molecule has 5 heteroatoms. The summed E-state index contributed by atoms with van der Waals surface area (Å²) in [7, 11) is 0. The van der Waals surface area contributed by atoms with Gasteiger partial charge in [0.15, 0.2) is 0 Å². The molecule has 0 unspecified atom stereocenters. The van der Waals surface area contributed by atoms with Crippen LogP contribution in [0, 0.1) is 0 Å². The predicted octanol–water partition coefficient (Wildman–Crippen LogP) is 3.21. The Labute approximate surface area is 93.0 Å². The van der Waals surface area contributed by atoms with Crippen molar-refractivity contribution in [2.45, 2.75) is 0 Å². The Balaban J connectivity index is 3.35. The van der Waals surface area contributed by atoms with Gasteiger partial charge in [0.1, 0.15) is 0 Å². The van der Waals surface area contributed by atoms with Crippen LogP contribution in [0.1, 0.15) is 20.7 Å². The fourth-order valence-electron chi connectivity index (χ4n) is 0.836. The molecule has 1 aromatic rings. The maximum absolute atomic E-state index is 10.8. The van der Waals surface area contributed by atoms with Crippen LogP contribution >= 0.6 is 39.1 Å². The van der Waals surface area contributed by atoms with Crippen LogP contribution in [0.4, 0.5) is 0 Å². The van der Waals surface area contributed by atoms with Crippen LogP contribution in [0.5, 0.6) is 0 Å². The lowest BCUT2D eigenvalue weighted by Gasteiger charge is -2.01. The van der Waals surface area contributed by atoms with E-state index in [0.29, 0.717) is 4.47 Å². The number of rotatable bonds is 2. The fraction of sp³-hybridized carbons (Fsp3) is 0. The van der Waals surface area contributed by atoms with Crippen molar-refractivity contribution in [2.75, 3.05) is 0 Å². The van der Waals surface area contributed by atoms with E-state index in [-0.39, 0.29) is 11.1 Å². The summed E-state index contributed by atoms with van der Waals surface area (Å²) in [5.41, 5.74) is 0.460. The summed E-state index contributed by atoms with van der Waals surface area (Å²) in [4.78, 5) is 21.6. The van der Waals surface area contributed by atoms with E-state index in [9.17, 15) is 9.59 Å². The van der Waals surface area contributed by atoms with Gasteiger partial charge in [-0.25, -0.2) is 0 Å². The van der Waals surface area contributed by atoms with E-state index in [0.717, 1.165) is 0 Å². The van der Waals surface area contributed by atoms with Crippen molar-refractivity contribution in [1.29, 1.82) is 0 Å². The van der Waals surface area contributed by atoms with Gasteiger partial charge in [-0.3, -0.25) is 9.59 Å². The maximum Gasteiger partial charge on any atom is 0.253 e. The molecule has 0 saturated carbocycles. The van der Waals surface area contributed by atoms with Crippen molar-refractivity contribution in [1.82, 2.24) is 0 Å². The third kappa shape index (κ3) is 2.30. The zero-order valence-corrected chi connectivity index (χ0v) is 9.28. The molecular weight excluding hydrogens is 279 g/mol. The molecule has 0 spiro atoms. The molecule has 0 aliphatic carbocycles. The molecule has 0 aliphatic rings. The largest absolute Gasteiger partial charge is 0.276 e. The zero-order chi connectivity index (χ0) is 10.0. The normalized spacial score (nSPS) is 9.77. The Morgan fingerprint density at radius 3 is 1.77 bits per heavy atom. The number of hydrogen-bond acceptors (Lipinski definition) is 2. The second kappa shape index (κ2) is 4.22. The molecule has 0 aromatic heterocycles. The predicted molar refractivity (Wildman–Crippen MR) is 54.5 cm³/mol. The monoisotopic (exact) mass is 280 g/mol. The highest BCUT2D eigenvalue weighted by Crippen LogP contribution is 2.24. The lowest BCUT2D eigenvalue weighted by Crippen LogP contribution is -1.97. The van der Waals surface area contributed by atoms with Crippen LogP contribution in [0.15, 0.2) is 22.7 Å². The highest BCUT2D eigenvalue weighted by atomic mass is 79.9. The highest BCUT2D eigenvalue weighted by molar-refractivity contribution is 9.10. The van der Waals surface area contributed by atoms with E-state index in [1.54, 1.807) is 0 Å². The molecule has 0 amide bonds. The summed E-state index contributed by atoms with van der Waals surface area (Å²) >= 11 is 13.6. The number of carbonyl (C=O) groups excluding carboxylic acids is 2. The van der Waals surface area contributed by atoms with Crippen molar-refractivity contribution >= 4 is 49.6 Å². The average molecular weight is 282 g/mol. The SMILES string of the molecule is O=C(Cl)c1cccc(C(=O)Cl)c1Br. The molecule has 0 radical (unpaired) electrons. The molecule has 0 saturated heterocycles. The first-order valence-corrected chi connectivity index (χ1v) is 4.77. The minimum atomic E-state index is -0.633. The Kier molecular flexibility index (Phi) is 3.47. The first-order valence-electron chi connectivity index (χ1n) is 3.22. The van der Waals surface area contributed by atoms with Gasteiger partial charge >= 0.3 is 0 Å². The van der Waals surface area contributed by atoms with Crippen LogP contribution in [-0.2, 0) is 0 Å². The Morgan fingerprint density at radius 1 is 1.08 bits per heavy atom. The number of carbonyl (C=O) groups is 2. The third-order valence-corrected chi connectivity index (χ3v) is 2.68. The Morgan fingerprint density at radius 2 is 1.46 bits per heavy atom. The van der Waals surface area contributed by atoms with E-state index in [2.05, 4.69) is 15.9 Å². The van der Waals surface area contributed by atoms with Crippen LogP contribution < -0.4 is 0 Å². The average Bonchev–Trinajstić information content (AvgIpc) is 2.03. The Hall–Kier alpha value is -0.380. The van der Waals surface area contributed by atoms with Crippen LogP contribution in [-0.4, -0.2) is 10.5 Å². The molecule has 0 fully saturated rings. The van der Waals surface area contributed by atoms with Gasteiger partial charge in [-0.15, -0.1) is 0 Å². The Bertz CT molecular complexity index is 344. The van der Waals surface area contributed by atoms with Crippen molar-refractivity contribution < 1.29 is 9.59 Å². The number of benzene rings is 1. The minimum absolute atomic E-state index is 0.230. The van der Waals surface area contributed by atoms with Gasteiger partial charge in [0, 0.05) is 15.6 Å². The van der Waals surface area contributed by atoms with Gasteiger partial charge in [-0.05, 0) is 51.3 Å². The summed E-state index contributed by atoms with van der Waals surface area (Å²) in [6, 6.07) is 4.54. The van der Waals surface area contributed by atoms with Crippen LogP contribution in [0.2, 0.25) is 0 Å². The van der Waals surface area contributed by atoms with Gasteiger partial charge in [0.2, 0.25) is 0 Å². The van der Waals surface area contributed by atoms with Gasteiger partial charge < -0.3 is 0 Å². The molecular formula is C8H3BrCl2O2. The van der Waals surface area contributed by atoms with Gasteiger partial charge in [-0.1, -0.05) is 6.07 Å². The summed E-state index contributed by atoms with van der Waals surface area (Å²) in [5.74, 6) is 0. The van der Waals surface area contributed by atoms with Gasteiger partial charge in [0.25, 0.3) is 10.5 Å². The summed E-state index contributed by atoms with van der Waals surface area (Å²) in [5, 5.41) is -1.27. The quantitative estimate of drug-likeness (QED) is 0.780. The second-order valence-electron chi connectivity index (χ2n) is 2.21. The first kappa shape index (κ1) is 10.7. The van der Waals surface area contributed by atoms with Gasteiger partial charge in [-0.2, -0.15) is 0 Å². The summed E-state index contributed by atoms with van der Waals surface area (Å²) in [6.45, 7) is 0. The third-order valence-electron chi connectivity index (χ3n) is 1.42.